The molecule has 0 aliphatic rings. The second-order valence-electron chi connectivity index (χ2n) is 0. The van der Waals surface area contributed by atoms with Crippen LogP contribution < -0.4 is 0 Å². The molecule has 0 bridgehead atoms. The van der Waals surface area contributed by atoms with Gasteiger partial charge in [0.2, 0.25) is 0 Å². The maximum atomic E-state index is 0. The van der Waals surface area contributed by atoms with Crippen molar-refractivity contribution in [3.63, 3.8) is 0 Å². The zero-order valence-corrected chi connectivity index (χ0v) is 3.58. The van der Waals surface area contributed by atoms with E-state index in [1.807, 2.05) is 0 Å². The third-order valence-electron chi connectivity index (χ3n) is 0. The fourth-order valence-electron chi connectivity index (χ4n) is 0. The third-order valence-corrected chi connectivity index (χ3v) is 0. The number of rotatable bonds is 0. The molecule has 0 unspecified atom stereocenters. The molecule has 0 aromatic heterocycles. The van der Waals surface area contributed by atoms with E-state index >= 15 is 0 Å². The molecule has 0 nitrogen and oxygen atoms in total. The van der Waals surface area contributed by atoms with Crippen molar-refractivity contribution in [2.24, 2.45) is 0 Å². The smallest absolute Gasteiger partial charge is 1.00 e. The molecule has 4 heavy (non-hydrogen) atoms. The van der Waals surface area contributed by atoms with E-state index in [1.165, 1.54) is 0 Å². The maximum Gasteiger partial charge on any atom is 2.00 e. The Morgan fingerprint density at radius 3 is 1.25 bits per heavy atom. The van der Waals surface area contributed by atoms with Gasteiger partial charge in [0.25, 0.3) is 0 Å². The molecular formula is H9AlFeMgSi. The standard InChI is InChI=1S/Al.Fe.Mg.H4Si.5H/h;;;1H4;;;;;/q;;+2;;;;;2*-1. The summed E-state index contributed by atoms with van der Waals surface area (Å²) < 4.78 is 0. The fourth-order valence-corrected chi connectivity index (χ4v) is 0. The predicted octanol–water partition coefficient (Wildman–Crippen LogP) is -2.79. The van der Waals surface area contributed by atoms with Crippen LogP contribution in [-0.4, -0.2) is 51.4 Å². The summed E-state index contributed by atoms with van der Waals surface area (Å²) in [5.41, 5.74) is 0. The number of hydrogen-bond acceptors (Lipinski definition) is 0. The minimum atomic E-state index is 0. The summed E-state index contributed by atoms with van der Waals surface area (Å²) in [6.07, 6.45) is 0. The summed E-state index contributed by atoms with van der Waals surface area (Å²) in [4.78, 5) is 0. The van der Waals surface area contributed by atoms with Crippen LogP contribution in [-0.2, 0) is 17.1 Å². The van der Waals surface area contributed by atoms with Gasteiger partial charge in [-0.2, -0.15) is 0 Å². The van der Waals surface area contributed by atoms with E-state index in [-0.39, 0.29) is 71.3 Å². The normalized spacial score (nSPS) is 0. The Hall–Kier alpha value is 2.04. The summed E-state index contributed by atoms with van der Waals surface area (Å²) in [6.45, 7) is 0. The maximum absolute atomic E-state index is 0. The predicted molar refractivity (Wildman–Crippen MR) is 29.3 cm³/mol. The fraction of sp³-hybridized carbons (Fsp3) is 0. The Bertz CT molecular complexity index is 13.5. The summed E-state index contributed by atoms with van der Waals surface area (Å²) in [6, 6.07) is 0. The Kier molecular flexibility index (Phi) is 183. The first-order chi connectivity index (χ1) is 0. The molecule has 0 aliphatic heterocycles. The van der Waals surface area contributed by atoms with Gasteiger partial charge in [-0.05, 0) is 11.0 Å². The van der Waals surface area contributed by atoms with Crippen molar-refractivity contribution in [3.8, 4) is 0 Å². The van der Waals surface area contributed by atoms with E-state index in [0.29, 0.717) is 0 Å². The van der Waals surface area contributed by atoms with Crippen LogP contribution in [0.15, 0.2) is 0 Å². The molecule has 0 radical (unpaired) electrons. The summed E-state index contributed by atoms with van der Waals surface area (Å²) in [5.74, 6) is 0. The Morgan fingerprint density at radius 1 is 1.25 bits per heavy atom. The molecule has 4 heteroatoms. The van der Waals surface area contributed by atoms with Gasteiger partial charge in [0, 0.05) is 17.1 Å². The van der Waals surface area contributed by atoms with E-state index < -0.39 is 0 Å². The molecule has 0 aromatic carbocycles. The summed E-state index contributed by atoms with van der Waals surface area (Å²) in [5, 5.41) is 0. The summed E-state index contributed by atoms with van der Waals surface area (Å²) >= 11 is 0. The van der Waals surface area contributed by atoms with Crippen molar-refractivity contribution >= 4 is 51.4 Å². The molecule has 0 rings (SSSR count). The van der Waals surface area contributed by atoms with Crippen LogP contribution in [0.3, 0.4) is 0 Å². The van der Waals surface area contributed by atoms with E-state index in [9.17, 15) is 0 Å². The van der Waals surface area contributed by atoms with Gasteiger partial charge in [-0.3, -0.25) is 0 Å². The average Bonchev–Trinajstić information content (AvgIpc) is 0. The van der Waals surface area contributed by atoms with Crippen LogP contribution in [0.25, 0.3) is 0 Å². The molecule has 0 heterocycles. The monoisotopic (exact) mass is 144 g/mol. The van der Waals surface area contributed by atoms with Crippen molar-refractivity contribution in [1.29, 1.82) is 0 Å². The zero-order chi connectivity index (χ0) is 0. The molecule has 26 valence electrons. The first-order valence-electron chi connectivity index (χ1n) is 0. The van der Waals surface area contributed by atoms with Gasteiger partial charge in [-0.15, -0.1) is 0 Å². The first-order valence-corrected chi connectivity index (χ1v) is 0. The molecule has 0 aliphatic carbocycles. The minimum absolute atomic E-state index is 0. The molecule has 0 N–H and O–H groups in total. The SMILES string of the molecule is [AlH3].[Fe].[H-].[H-].[Mg+2].[SiH4]. The van der Waals surface area contributed by atoms with Crippen molar-refractivity contribution < 1.29 is 19.9 Å². The third kappa shape index (κ3) is 8.97. The molecule has 0 saturated carbocycles. The molecule has 0 saturated heterocycles. The number of hydrogen-bond donors (Lipinski definition) is 0. The van der Waals surface area contributed by atoms with Crippen LogP contribution in [0.4, 0.5) is 0 Å². The van der Waals surface area contributed by atoms with Gasteiger partial charge >= 0.3 is 23.1 Å². The van der Waals surface area contributed by atoms with Crippen molar-refractivity contribution in [2.75, 3.05) is 0 Å². The van der Waals surface area contributed by atoms with E-state index in [1.54, 1.807) is 0 Å². The minimum Gasteiger partial charge on any atom is -1.00 e. The van der Waals surface area contributed by atoms with Crippen LogP contribution >= 0.6 is 0 Å². The van der Waals surface area contributed by atoms with Crippen LogP contribution in [0, 0.1) is 0 Å². The molecule has 0 amide bonds. The first kappa shape index (κ1) is 36.9. The van der Waals surface area contributed by atoms with E-state index in [0.717, 1.165) is 0 Å². The van der Waals surface area contributed by atoms with Crippen LogP contribution in [0.2, 0.25) is 0 Å². The Labute approximate surface area is 70.9 Å². The van der Waals surface area contributed by atoms with Gasteiger partial charge in [0.05, 0.1) is 0 Å². The second-order valence-corrected chi connectivity index (χ2v) is 0. The van der Waals surface area contributed by atoms with E-state index in [2.05, 4.69) is 0 Å². The largest absolute Gasteiger partial charge is 2.00 e. The second kappa shape index (κ2) is 19.8. The zero-order valence-electron chi connectivity index (χ0n) is 3.06. The van der Waals surface area contributed by atoms with Crippen LogP contribution in [0.1, 0.15) is 2.85 Å². The molecule has 0 atom stereocenters. The topological polar surface area (TPSA) is 0 Å². The molecule has 0 fully saturated rings. The molecular weight excluding hydrogens is 135 g/mol. The molecule has 0 spiro atoms. The van der Waals surface area contributed by atoms with Crippen molar-refractivity contribution in [2.45, 2.75) is 0 Å². The molecule has 0 aromatic rings. The van der Waals surface area contributed by atoms with Gasteiger partial charge < -0.3 is 2.85 Å². The Balaban J connectivity index is 0. The van der Waals surface area contributed by atoms with E-state index in [4.69, 9.17) is 0 Å². The van der Waals surface area contributed by atoms with Crippen molar-refractivity contribution in [3.05, 3.63) is 0 Å². The summed E-state index contributed by atoms with van der Waals surface area (Å²) in [7, 11) is 0. The average molecular weight is 144 g/mol. The van der Waals surface area contributed by atoms with Gasteiger partial charge in [-0.1, -0.05) is 0 Å². The van der Waals surface area contributed by atoms with Gasteiger partial charge in [0.1, 0.15) is 0 Å². The van der Waals surface area contributed by atoms with Gasteiger partial charge in [-0.25, -0.2) is 0 Å². The van der Waals surface area contributed by atoms with Crippen LogP contribution in [0.5, 0.6) is 0 Å². The Morgan fingerprint density at radius 2 is 1.25 bits per heavy atom. The van der Waals surface area contributed by atoms with Gasteiger partial charge in [0.15, 0.2) is 17.4 Å². The van der Waals surface area contributed by atoms with Crippen molar-refractivity contribution in [1.82, 2.24) is 0 Å². The quantitative estimate of drug-likeness (QED) is 0.322.